The second-order valence-electron chi connectivity index (χ2n) is 8.37. The van der Waals surface area contributed by atoms with Gasteiger partial charge in [-0.3, -0.25) is 14.7 Å². The van der Waals surface area contributed by atoms with Crippen molar-refractivity contribution in [3.8, 4) is 0 Å². The van der Waals surface area contributed by atoms with Crippen molar-refractivity contribution in [3.05, 3.63) is 82.3 Å². The molecule has 0 spiro atoms. The fourth-order valence-corrected chi connectivity index (χ4v) is 4.70. The summed E-state index contributed by atoms with van der Waals surface area (Å²) < 4.78 is 25.4. The van der Waals surface area contributed by atoms with Crippen molar-refractivity contribution in [1.29, 1.82) is 0 Å². The third-order valence-electron chi connectivity index (χ3n) is 6.29. The van der Waals surface area contributed by atoms with Gasteiger partial charge in [-0.05, 0) is 36.6 Å². The Morgan fingerprint density at radius 2 is 1.70 bits per heavy atom. The maximum Gasteiger partial charge on any atom is 0.336 e. The highest BCUT2D eigenvalue weighted by Gasteiger charge is 2.43. The summed E-state index contributed by atoms with van der Waals surface area (Å²) in [4.78, 5) is 32.5. The molecule has 7 heteroatoms. The van der Waals surface area contributed by atoms with Crippen LogP contribution in [0.2, 0.25) is 0 Å². The van der Waals surface area contributed by atoms with Crippen LogP contribution in [0.5, 0.6) is 0 Å². The van der Waals surface area contributed by atoms with Gasteiger partial charge in [-0.1, -0.05) is 42.5 Å². The molecule has 2 heterocycles. The van der Waals surface area contributed by atoms with Crippen molar-refractivity contribution >= 4 is 17.7 Å². The van der Waals surface area contributed by atoms with Crippen molar-refractivity contribution < 1.29 is 23.5 Å². The monoisotopic (exact) mass is 450 g/mol. The molecule has 0 fully saturated rings. The molecule has 172 valence electrons. The minimum Gasteiger partial charge on any atom is -0.468 e. The lowest BCUT2D eigenvalue weighted by atomic mass is 9.75. The predicted octanol–water partition coefficient (Wildman–Crippen LogP) is 4.01. The molecule has 0 bridgehead atoms. The first-order valence-electron chi connectivity index (χ1n) is 10.9. The molecule has 4 rings (SSSR count). The summed E-state index contributed by atoms with van der Waals surface area (Å²) >= 11 is 0. The number of esters is 2. The van der Waals surface area contributed by atoms with Gasteiger partial charge in [0.2, 0.25) is 0 Å². The standard InChI is InChI=1S/C26H27FN2O4/c1-16-22(25(30)32-3)24(20-10-6-7-11-21(20)27)23(17(2)28-16)26(31)33-13-12-29-14-18-8-4-5-9-19(18)15-29/h4-11,22,24H,12-15H2,1-3H3. The Morgan fingerprint density at radius 1 is 1.06 bits per heavy atom. The van der Waals surface area contributed by atoms with Crippen LogP contribution in [0.3, 0.4) is 0 Å². The van der Waals surface area contributed by atoms with E-state index in [0.29, 0.717) is 18.0 Å². The largest absolute Gasteiger partial charge is 0.468 e. The number of hydrogen-bond donors (Lipinski definition) is 0. The number of carbonyl (C=O) groups is 2. The number of benzene rings is 2. The van der Waals surface area contributed by atoms with E-state index in [1.807, 2.05) is 12.1 Å². The molecule has 6 nitrogen and oxygen atoms in total. The highest BCUT2D eigenvalue weighted by atomic mass is 19.1. The van der Waals surface area contributed by atoms with Crippen LogP contribution >= 0.6 is 0 Å². The smallest absolute Gasteiger partial charge is 0.336 e. The zero-order valence-electron chi connectivity index (χ0n) is 19.0. The predicted molar refractivity (Wildman–Crippen MR) is 122 cm³/mol. The molecule has 0 aromatic heterocycles. The minimum absolute atomic E-state index is 0.180. The molecule has 0 aliphatic carbocycles. The maximum atomic E-state index is 14.8. The average molecular weight is 451 g/mol. The van der Waals surface area contributed by atoms with E-state index in [0.717, 1.165) is 13.1 Å². The first kappa shape index (κ1) is 22.9. The van der Waals surface area contributed by atoms with Crippen molar-refractivity contribution in [2.45, 2.75) is 32.9 Å². The Kier molecular flexibility index (Phi) is 6.70. The van der Waals surface area contributed by atoms with Crippen molar-refractivity contribution in [2.24, 2.45) is 10.9 Å². The van der Waals surface area contributed by atoms with Crippen molar-refractivity contribution in [2.75, 3.05) is 20.3 Å². The minimum atomic E-state index is -0.911. The van der Waals surface area contributed by atoms with Gasteiger partial charge in [0, 0.05) is 37.0 Å². The van der Waals surface area contributed by atoms with Gasteiger partial charge < -0.3 is 9.47 Å². The Balaban J connectivity index is 1.54. The second-order valence-corrected chi connectivity index (χ2v) is 8.37. The third-order valence-corrected chi connectivity index (χ3v) is 6.29. The molecule has 0 N–H and O–H groups in total. The second kappa shape index (κ2) is 9.67. The number of halogens is 1. The molecule has 0 saturated carbocycles. The molecule has 33 heavy (non-hydrogen) atoms. The van der Waals surface area contributed by atoms with Gasteiger partial charge in [0.15, 0.2) is 0 Å². The molecular formula is C26H27FN2O4. The van der Waals surface area contributed by atoms with Crippen LogP contribution in [0.25, 0.3) is 0 Å². The molecule has 0 saturated heterocycles. The van der Waals surface area contributed by atoms with E-state index < -0.39 is 29.6 Å². The maximum absolute atomic E-state index is 14.8. The number of ether oxygens (including phenoxy) is 2. The van der Waals surface area contributed by atoms with Crippen LogP contribution in [0.15, 0.2) is 64.8 Å². The number of allylic oxidation sites excluding steroid dienone is 1. The van der Waals surface area contributed by atoms with E-state index in [4.69, 9.17) is 9.47 Å². The fraction of sp³-hybridized carbons (Fsp3) is 0.346. The van der Waals surface area contributed by atoms with Crippen LogP contribution in [-0.4, -0.2) is 42.8 Å². The van der Waals surface area contributed by atoms with E-state index in [9.17, 15) is 14.0 Å². The quantitative estimate of drug-likeness (QED) is 0.622. The van der Waals surface area contributed by atoms with Crippen molar-refractivity contribution in [1.82, 2.24) is 4.90 Å². The third kappa shape index (κ3) is 4.59. The average Bonchev–Trinajstić information content (AvgIpc) is 3.21. The summed E-state index contributed by atoms with van der Waals surface area (Å²) in [5.41, 5.74) is 3.87. The van der Waals surface area contributed by atoms with Crippen LogP contribution < -0.4 is 0 Å². The first-order valence-corrected chi connectivity index (χ1v) is 10.9. The Hall–Kier alpha value is -3.32. The van der Waals surface area contributed by atoms with Crippen LogP contribution in [0.4, 0.5) is 4.39 Å². The number of nitrogens with zero attached hydrogens (tertiary/aromatic N) is 2. The first-order chi connectivity index (χ1) is 15.9. The van der Waals surface area contributed by atoms with Gasteiger partial charge in [0.1, 0.15) is 18.3 Å². The SMILES string of the molecule is COC(=O)C1C(C)=NC(C)=C(C(=O)OCCN2Cc3ccccc3C2)C1c1ccccc1F. The van der Waals surface area contributed by atoms with Gasteiger partial charge >= 0.3 is 11.9 Å². The number of methoxy groups -OCH3 is 1. The lowest BCUT2D eigenvalue weighted by Gasteiger charge is -2.31. The number of rotatable bonds is 6. The summed E-state index contributed by atoms with van der Waals surface area (Å²) in [6.07, 6.45) is 0. The number of aliphatic imine (C=N–C) groups is 1. The number of carbonyl (C=O) groups excluding carboxylic acids is 2. The molecule has 2 unspecified atom stereocenters. The summed E-state index contributed by atoms with van der Waals surface area (Å²) in [5.74, 6) is -3.45. The highest BCUT2D eigenvalue weighted by Crippen LogP contribution is 2.41. The van der Waals surface area contributed by atoms with Crippen LogP contribution in [0.1, 0.15) is 36.5 Å². The lowest BCUT2D eigenvalue weighted by molar-refractivity contribution is -0.144. The molecule has 2 atom stereocenters. The van der Waals surface area contributed by atoms with E-state index in [1.165, 1.54) is 24.3 Å². The number of hydrogen-bond acceptors (Lipinski definition) is 6. The normalized spacial score (nSPS) is 20.3. The molecule has 0 amide bonds. The van der Waals surface area contributed by atoms with Gasteiger partial charge in [-0.15, -0.1) is 0 Å². The number of fused-ring (bicyclic) bond motifs is 1. The van der Waals surface area contributed by atoms with E-state index in [2.05, 4.69) is 22.0 Å². The van der Waals surface area contributed by atoms with Crippen LogP contribution in [0, 0.1) is 11.7 Å². The van der Waals surface area contributed by atoms with Crippen molar-refractivity contribution in [3.63, 3.8) is 0 Å². The van der Waals surface area contributed by atoms with Gasteiger partial charge in [-0.2, -0.15) is 0 Å². The summed E-state index contributed by atoms with van der Waals surface area (Å²) in [6, 6.07) is 14.4. The molecule has 0 radical (unpaired) electrons. The molecule has 2 aliphatic rings. The van der Waals surface area contributed by atoms with Gasteiger partial charge in [-0.25, -0.2) is 9.18 Å². The molecular weight excluding hydrogens is 423 g/mol. The zero-order chi connectivity index (χ0) is 23.5. The molecule has 2 aromatic carbocycles. The van der Waals surface area contributed by atoms with Crippen LogP contribution in [-0.2, 0) is 32.2 Å². The van der Waals surface area contributed by atoms with E-state index in [1.54, 1.807) is 32.0 Å². The Labute approximate surface area is 192 Å². The van der Waals surface area contributed by atoms with E-state index >= 15 is 0 Å². The topological polar surface area (TPSA) is 68.2 Å². The molecule has 2 aliphatic heterocycles. The van der Waals surface area contributed by atoms with E-state index in [-0.39, 0.29) is 17.7 Å². The summed E-state index contributed by atoms with van der Waals surface area (Å²) in [6.45, 7) is 5.73. The summed E-state index contributed by atoms with van der Waals surface area (Å²) in [5, 5.41) is 0. The molecule has 2 aromatic rings. The lowest BCUT2D eigenvalue weighted by Crippen LogP contribution is -2.37. The van der Waals surface area contributed by atoms with Gasteiger partial charge in [0.25, 0.3) is 0 Å². The van der Waals surface area contributed by atoms with Gasteiger partial charge in [0.05, 0.1) is 12.7 Å². The Bertz CT molecular complexity index is 1120. The zero-order valence-corrected chi connectivity index (χ0v) is 19.0. The fourth-order valence-electron chi connectivity index (χ4n) is 4.70. The highest BCUT2D eigenvalue weighted by molar-refractivity contribution is 6.07. The Morgan fingerprint density at radius 3 is 2.33 bits per heavy atom. The summed E-state index contributed by atoms with van der Waals surface area (Å²) in [7, 11) is 1.27.